The van der Waals surface area contributed by atoms with Gasteiger partial charge in [0.25, 0.3) is 10.0 Å². The van der Waals surface area contributed by atoms with E-state index in [9.17, 15) is 18.0 Å². The Morgan fingerprint density at radius 1 is 0.872 bits per heavy atom. The van der Waals surface area contributed by atoms with Crippen LogP contribution < -0.4 is 14.4 Å². The third kappa shape index (κ3) is 9.50. The first-order chi connectivity index (χ1) is 22.4. The first-order valence-electron chi connectivity index (χ1n) is 15.3. The second-order valence-electron chi connectivity index (χ2n) is 11.6. The lowest BCUT2D eigenvalue weighted by molar-refractivity contribution is -0.140. The molecule has 0 aromatic heterocycles. The Bertz CT molecular complexity index is 1770. The number of carbonyl (C=O) groups is 2. The lowest BCUT2D eigenvalue weighted by Gasteiger charge is -2.33. The molecule has 0 heterocycles. The fourth-order valence-electron chi connectivity index (χ4n) is 4.85. The standard InChI is InChI=1S/C36H39Cl2N3O5S/c1-5-34(36(43)39-22-25(2)3)40(23-27-13-14-28(37)21-33(27)38)35(42)24-41(47(44,45)32-19-11-26(4)12-20-32)29-15-17-31(18-16-29)46-30-9-7-6-8-10-30/h6-21,25,34H,5,22-24H2,1-4H3,(H,39,43). The number of hydrogen-bond donors (Lipinski definition) is 1. The lowest BCUT2D eigenvalue weighted by atomic mass is 10.1. The number of hydrogen-bond acceptors (Lipinski definition) is 5. The molecule has 2 amide bonds. The van der Waals surface area contributed by atoms with E-state index in [2.05, 4.69) is 5.32 Å². The van der Waals surface area contributed by atoms with E-state index < -0.39 is 28.5 Å². The van der Waals surface area contributed by atoms with Crippen LogP contribution in [-0.4, -0.2) is 44.3 Å². The zero-order chi connectivity index (χ0) is 34.1. The molecule has 0 aliphatic carbocycles. The molecule has 248 valence electrons. The van der Waals surface area contributed by atoms with E-state index in [1.165, 1.54) is 17.0 Å². The molecule has 0 saturated heterocycles. The van der Waals surface area contributed by atoms with Gasteiger partial charge in [0.05, 0.1) is 10.6 Å². The molecule has 4 aromatic carbocycles. The zero-order valence-electron chi connectivity index (χ0n) is 26.8. The summed E-state index contributed by atoms with van der Waals surface area (Å²) in [6.07, 6.45) is 0.289. The predicted octanol–water partition coefficient (Wildman–Crippen LogP) is 7.87. The molecule has 1 unspecified atom stereocenters. The largest absolute Gasteiger partial charge is 0.457 e. The maximum atomic E-state index is 14.3. The van der Waals surface area contributed by atoms with Gasteiger partial charge in [0.1, 0.15) is 24.1 Å². The topological polar surface area (TPSA) is 96.0 Å². The van der Waals surface area contributed by atoms with E-state index in [-0.39, 0.29) is 35.4 Å². The van der Waals surface area contributed by atoms with Gasteiger partial charge in [-0.1, -0.05) is 85.9 Å². The van der Waals surface area contributed by atoms with Crippen LogP contribution in [0.1, 0.15) is 38.3 Å². The average molecular weight is 697 g/mol. The lowest BCUT2D eigenvalue weighted by Crippen LogP contribution is -2.52. The summed E-state index contributed by atoms with van der Waals surface area (Å²) < 4.78 is 35.3. The number of benzene rings is 4. The fraction of sp³-hybridized carbons (Fsp3) is 0.278. The maximum Gasteiger partial charge on any atom is 0.264 e. The number of nitrogens with zero attached hydrogens (tertiary/aromatic N) is 2. The van der Waals surface area contributed by atoms with Gasteiger partial charge in [-0.25, -0.2) is 8.42 Å². The van der Waals surface area contributed by atoms with E-state index >= 15 is 0 Å². The summed E-state index contributed by atoms with van der Waals surface area (Å²) in [7, 11) is -4.23. The molecule has 0 aliphatic heterocycles. The van der Waals surface area contributed by atoms with Crippen molar-refractivity contribution in [1.82, 2.24) is 10.2 Å². The second-order valence-corrected chi connectivity index (χ2v) is 14.3. The van der Waals surface area contributed by atoms with Gasteiger partial charge in [0.15, 0.2) is 0 Å². The van der Waals surface area contributed by atoms with Crippen LogP contribution in [0.2, 0.25) is 10.0 Å². The Labute approximate surface area is 287 Å². The van der Waals surface area contributed by atoms with Crippen LogP contribution in [-0.2, 0) is 26.2 Å². The van der Waals surface area contributed by atoms with E-state index in [1.54, 1.807) is 61.5 Å². The second kappa shape index (κ2) is 16.2. The number of anilines is 1. The molecule has 1 N–H and O–H groups in total. The molecule has 0 fully saturated rings. The van der Waals surface area contributed by atoms with Gasteiger partial charge < -0.3 is 15.0 Å². The minimum atomic E-state index is -4.23. The third-order valence-electron chi connectivity index (χ3n) is 7.42. The molecule has 0 radical (unpaired) electrons. The highest BCUT2D eigenvalue weighted by atomic mass is 35.5. The number of ether oxygens (including phenoxy) is 1. The number of para-hydroxylation sites is 1. The van der Waals surface area contributed by atoms with Crippen LogP contribution in [0.4, 0.5) is 5.69 Å². The van der Waals surface area contributed by atoms with E-state index in [1.807, 2.05) is 51.1 Å². The number of amides is 2. The Hall–Kier alpha value is -4.05. The molecule has 4 rings (SSSR count). The summed E-state index contributed by atoms with van der Waals surface area (Å²) in [4.78, 5) is 29.2. The quantitative estimate of drug-likeness (QED) is 0.145. The summed E-state index contributed by atoms with van der Waals surface area (Å²) in [6.45, 7) is 7.42. The van der Waals surface area contributed by atoms with Gasteiger partial charge >= 0.3 is 0 Å². The molecular weight excluding hydrogens is 657 g/mol. The van der Waals surface area contributed by atoms with Gasteiger partial charge in [-0.3, -0.25) is 13.9 Å². The summed E-state index contributed by atoms with van der Waals surface area (Å²) in [5, 5.41) is 3.67. The van der Waals surface area contributed by atoms with Crippen LogP contribution in [0.5, 0.6) is 11.5 Å². The van der Waals surface area contributed by atoms with Crippen LogP contribution in [0.15, 0.2) is 102 Å². The predicted molar refractivity (Wildman–Crippen MR) is 188 cm³/mol. The van der Waals surface area contributed by atoms with Crippen molar-refractivity contribution in [3.8, 4) is 11.5 Å². The van der Waals surface area contributed by atoms with Crippen LogP contribution >= 0.6 is 23.2 Å². The molecule has 1 atom stereocenters. The number of rotatable bonds is 14. The zero-order valence-corrected chi connectivity index (χ0v) is 29.1. The highest BCUT2D eigenvalue weighted by molar-refractivity contribution is 7.92. The Morgan fingerprint density at radius 2 is 1.51 bits per heavy atom. The minimum Gasteiger partial charge on any atom is -0.457 e. The van der Waals surface area contributed by atoms with Gasteiger partial charge in [0, 0.05) is 23.1 Å². The van der Waals surface area contributed by atoms with Crippen molar-refractivity contribution in [2.75, 3.05) is 17.4 Å². The Kier molecular flexibility index (Phi) is 12.3. The molecule has 0 bridgehead atoms. The van der Waals surface area contributed by atoms with Crippen LogP contribution in [0, 0.1) is 12.8 Å². The smallest absolute Gasteiger partial charge is 0.264 e. The average Bonchev–Trinajstić information content (AvgIpc) is 3.04. The summed E-state index contributed by atoms with van der Waals surface area (Å²) in [5.41, 5.74) is 1.70. The number of sulfonamides is 1. The molecular formula is C36H39Cl2N3O5S. The van der Waals surface area contributed by atoms with Crippen molar-refractivity contribution < 1.29 is 22.7 Å². The van der Waals surface area contributed by atoms with Crippen LogP contribution in [0.25, 0.3) is 0 Å². The highest BCUT2D eigenvalue weighted by Gasteiger charge is 2.34. The van der Waals surface area contributed by atoms with Gasteiger partial charge in [-0.15, -0.1) is 0 Å². The normalized spacial score (nSPS) is 12.0. The molecule has 8 nitrogen and oxygen atoms in total. The van der Waals surface area contributed by atoms with Crippen molar-refractivity contribution in [1.29, 1.82) is 0 Å². The molecule has 0 aliphatic rings. The van der Waals surface area contributed by atoms with Crippen molar-refractivity contribution in [3.05, 3.63) is 118 Å². The summed E-state index contributed by atoms with van der Waals surface area (Å²) >= 11 is 12.6. The van der Waals surface area contributed by atoms with Crippen molar-refractivity contribution in [2.45, 2.75) is 51.6 Å². The monoisotopic (exact) mass is 695 g/mol. The summed E-state index contributed by atoms with van der Waals surface area (Å²) in [5.74, 6) is 0.386. The van der Waals surface area contributed by atoms with Crippen LogP contribution in [0.3, 0.4) is 0 Å². The number of carbonyl (C=O) groups excluding carboxylic acids is 2. The Morgan fingerprint density at radius 3 is 2.11 bits per heavy atom. The van der Waals surface area contributed by atoms with E-state index in [4.69, 9.17) is 27.9 Å². The highest BCUT2D eigenvalue weighted by Crippen LogP contribution is 2.29. The molecule has 47 heavy (non-hydrogen) atoms. The number of halogens is 2. The Balaban J connectivity index is 1.74. The minimum absolute atomic E-state index is 0.0227. The molecule has 0 spiro atoms. The maximum absolute atomic E-state index is 14.3. The van der Waals surface area contributed by atoms with E-state index in [0.717, 1.165) is 9.87 Å². The van der Waals surface area contributed by atoms with Gasteiger partial charge in [-0.05, 0) is 85.5 Å². The molecule has 4 aromatic rings. The van der Waals surface area contributed by atoms with Crippen molar-refractivity contribution >= 4 is 50.7 Å². The SMILES string of the molecule is CCC(C(=O)NCC(C)C)N(Cc1ccc(Cl)cc1Cl)C(=O)CN(c1ccc(Oc2ccccc2)cc1)S(=O)(=O)c1ccc(C)cc1. The van der Waals surface area contributed by atoms with Crippen molar-refractivity contribution in [3.63, 3.8) is 0 Å². The van der Waals surface area contributed by atoms with E-state index in [0.29, 0.717) is 33.7 Å². The number of nitrogens with one attached hydrogen (secondary N) is 1. The van der Waals surface area contributed by atoms with Crippen molar-refractivity contribution in [2.24, 2.45) is 5.92 Å². The summed E-state index contributed by atoms with van der Waals surface area (Å²) in [6, 6.07) is 26.1. The fourth-order valence-corrected chi connectivity index (χ4v) is 6.73. The first kappa shape index (κ1) is 35.8. The van der Waals surface area contributed by atoms with Gasteiger partial charge in [0.2, 0.25) is 11.8 Å². The van der Waals surface area contributed by atoms with Gasteiger partial charge in [-0.2, -0.15) is 0 Å². The number of aryl methyl sites for hydroxylation is 1. The third-order valence-corrected chi connectivity index (χ3v) is 9.79. The molecule has 11 heteroatoms. The first-order valence-corrected chi connectivity index (χ1v) is 17.5. The molecule has 0 saturated carbocycles.